The Labute approximate surface area is 161 Å². The van der Waals surface area contributed by atoms with Gasteiger partial charge in [-0.2, -0.15) is 17.0 Å². The van der Waals surface area contributed by atoms with Gasteiger partial charge in [0.2, 0.25) is 5.91 Å². The molecular formula is C19H29N3O4S. The van der Waals surface area contributed by atoms with Crippen LogP contribution in [0.3, 0.4) is 0 Å². The number of methoxy groups -OCH3 is 1. The summed E-state index contributed by atoms with van der Waals surface area (Å²) in [5.41, 5.74) is 0.984. The molecule has 1 amide bonds. The van der Waals surface area contributed by atoms with Gasteiger partial charge in [0, 0.05) is 32.7 Å². The van der Waals surface area contributed by atoms with Crippen molar-refractivity contribution in [3.05, 3.63) is 29.8 Å². The van der Waals surface area contributed by atoms with Crippen LogP contribution in [0.4, 0.5) is 0 Å². The third-order valence-electron chi connectivity index (χ3n) is 5.35. The van der Waals surface area contributed by atoms with Gasteiger partial charge in [0.15, 0.2) is 0 Å². The number of ether oxygens (including phenoxy) is 1. The van der Waals surface area contributed by atoms with Crippen molar-refractivity contribution in [3.63, 3.8) is 0 Å². The lowest BCUT2D eigenvalue weighted by atomic mass is 9.99. The maximum absolute atomic E-state index is 12.9. The number of carbonyl (C=O) groups is 1. The zero-order valence-electron chi connectivity index (χ0n) is 15.9. The Kier molecular flexibility index (Phi) is 6.73. The molecule has 7 nitrogen and oxygen atoms in total. The maximum Gasteiger partial charge on any atom is 0.281 e. The van der Waals surface area contributed by atoms with Crippen molar-refractivity contribution in [2.45, 2.75) is 38.6 Å². The first-order chi connectivity index (χ1) is 13.0. The Hall–Kier alpha value is -1.64. The van der Waals surface area contributed by atoms with Gasteiger partial charge < -0.3 is 10.1 Å². The highest BCUT2D eigenvalue weighted by Gasteiger charge is 2.36. The van der Waals surface area contributed by atoms with Crippen LogP contribution in [-0.4, -0.2) is 56.2 Å². The molecule has 1 N–H and O–H groups in total. The normalized spacial score (nSPS) is 22.3. The van der Waals surface area contributed by atoms with Crippen molar-refractivity contribution < 1.29 is 17.9 Å². The lowest BCUT2D eigenvalue weighted by Gasteiger charge is -2.36. The van der Waals surface area contributed by atoms with E-state index in [-0.39, 0.29) is 18.4 Å². The van der Waals surface area contributed by atoms with Crippen LogP contribution in [0.2, 0.25) is 0 Å². The van der Waals surface area contributed by atoms with E-state index >= 15 is 0 Å². The third-order valence-corrected chi connectivity index (χ3v) is 7.35. The van der Waals surface area contributed by atoms with Crippen LogP contribution >= 0.6 is 0 Å². The molecule has 2 saturated heterocycles. The predicted molar refractivity (Wildman–Crippen MR) is 103 cm³/mol. The van der Waals surface area contributed by atoms with Crippen molar-refractivity contribution >= 4 is 16.1 Å². The van der Waals surface area contributed by atoms with Crippen molar-refractivity contribution in [1.29, 1.82) is 0 Å². The zero-order chi connectivity index (χ0) is 19.3. The molecular weight excluding hydrogens is 366 g/mol. The summed E-state index contributed by atoms with van der Waals surface area (Å²) in [4.78, 5) is 12.6. The lowest BCUT2D eigenvalue weighted by molar-refractivity contribution is -0.126. The molecule has 0 bridgehead atoms. The summed E-state index contributed by atoms with van der Waals surface area (Å²) in [5.74, 6) is 0.400. The minimum absolute atomic E-state index is 0.0793. The Balaban J connectivity index is 1.55. The first-order valence-electron chi connectivity index (χ1n) is 9.66. The first kappa shape index (κ1) is 20.1. The van der Waals surface area contributed by atoms with E-state index in [9.17, 15) is 13.2 Å². The molecule has 2 aliphatic rings. The fourth-order valence-electron chi connectivity index (χ4n) is 3.70. The van der Waals surface area contributed by atoms with E-state index in [0.29, 0.717) is 32.6 Å². The number of rotatable bonds is 6. The Bertz CT molecular complexity index is 730. The fraction of sp³-hybridized carbons (Fsp3) is 0.632. The molecule has 1 atom stereocenters. The number of carbonyl (C=O) groups excluding carboxylic acids is 1. The van der Waals surface area contributed by atoms with Crippen LogP contribution < -0.4 is 10.1 Å². The van der Waals surface area contributed by atoms with Gasteiger partial charge in [0.1, 0.15) is 5.75 Å². The number of benzene rings is 1. The molecule has 2 heterocycles. The monoisotopic (exact) mass is 395 g/mol. The van der Waals surface area contributed by atoms with E-state index in [4.69, 9.17) is 4.74 Å². The standard InChI is InChI=1S/C19H29N3O4S/c1-26-18-9-7-16(8-10-18)14-20-19(23)17-6-5-13-22(15-17)27(24,25)21-11-3-2-4-12-21/h7-10,17H,2-6,11-15H2,1H3,(H,20,23). The van der Waals surface area contributed by atoms with E-state index < -0.39 is 10.2 Å². The van der Waals surface area contributed by atoms with Crippen LogP contribution in [-0.2, 0) is 21.5 Å². The topological polar surface area (TPSA) is 79.0 Å². The quantitative estimate of drug-likeness (QED) is 0.796. The van der Waals surface area contributed by atoms with Crippen molar-refractivity contribution in [1.82, 2.24) is 13.9 Å². The lowest BCUT2D eigenvalue weighted by Crippen LogP contribution is -2.51. The van der Waals surface area contributed by atoms with Gasteiger partial charge in [-0.15, -0.1) is 0 Å². The molecule has 2 aliphatic heterocycles. The van der Waals surface area contributed by atoms with Crippen LogP contribution in [0.1, 0.15) is 37.7 Å². The SMILES string of the molecule is COc1ccc(CNC(=O)C2CCCN(S(=O)(=O)N3CCCCC3)C2)cc1. The Morgan fingerprint density at radius 3 is 2.41 bits per heavy atom. The van der Waals surface area contributed by atoms with E-state index in [1.165, 1.54) is 4.31 Å². The second-order valence-corrected chi connectivity index (χ2v) is 9.16. The predicted octanol–water partition coefficient (Wildman–Crippen LogP) is 1.75. The largest absolute Gasteiger partial charge is 0.497 e. The summed E-state index contributed by atoms with van der Waals surface area (Å²) in [6, 6.07) is 7.53. The van der Waals surface area contributed by atoms with Gasteiger partial charge in [0.05, 0.1) is 13.0 Å². The summed E-state index contributed by atoms with van der Waals surface area (Å²) in [6.07, 6.45) is 4.36. The van der Waals surface area contributed by atoms with Crippen LogP contribution in [0, 0.1) is 5.92 Å². The Morgan fingerprint density at radius 1 is 1.07 bits per heavy atom. The van der Waals surface area contributed by atoms with Crippen molar-refractivity contribution in [2.24, 2.45) is 5.92 Å². The Morgan fingerprint density at radius 2 is 1.74 bits per heavy atom. The molecule has 2 fully saturated rings. The minimum Gasteiger partial charge on any atom is -0.497 e. The number of hydrogen-bond acceptors (Lipinski definition) is 4. The van der Waals surface area contributed by atoms with Crippen LogP contribution in [0.15, 0.2) is 24.3 Å². The number of amides is 1. The van der Waals surface area contributed by atoms with Gasteiger partial charge in [-0.25, -0.2) is 0 Å². The average molecular weight is 396 g/mol. The van der Waals surface area contributed by atoms with Crippen molar-refractivity contribution in [3.8, 4) is 5.75 Å². The molecule has 0 aromatic heterocycles. The number of piperidine rings is 2. The molecule has 0 aliphatic carbocycles. The van der Waals surface area contributed by atoms with Crippen LogP contribution in [0.5, 0.6) is 5.75 Å². The summed E-state index contributed by atoms with van der Waals surface area (Å²) >= 11 is 0. The molecule has 0 spiro atoms. The smallest absolute Gasteiger partial charge is 0.281 e. The number of hydrogen-bond donors (Lipinski definition) is 1. The average Bonchev–Trinajstić information content (AvgIpc) is 2.73. The highest BCUT2D eigenvalue weighted by Crippen LogP contribution is 2.23. The molecule has 8 heteroatoms. The second kappa shape index (κ2) is 9.03. The van der Waals surface area contributed by atoms with Gasteiger partial charge in [-0.05, 0) is 43.4 Å². The summed E-state index contributed by atoms with van der Waals surface area (Å²) < 4.78 is 33.9. The third kappa shape index (κ3) is 5.00. The highest BCUT2D eigenvalue weighted by molar-refractivity contribution is 7.86. The zero-order valence-corrected chi connectivity index (χ0v) is 16.7. The molecule has 0 saturated carbocycles. The van der Waals surface area contributed by atoms with Gasteiger partial charge in [-0.1, -0.05) is 18.6 Å². The number of nitrogens with one attached hydrogen (secondary N) is 1. The maximum atomic E-state index is 12.9. The van der Waals surface area contributed by atoms with E-state index in [0.717, 1.165) is 37.0 Å². The molecule has 1 aromatic carbocycles. The highest BCUT2D eigenvalue weighted by atomic mass is 32.2. The number of nitrogens with zero attached hydrogens (tertiary/aromatic N) is 2. The molecule has 0 radical (unpaired) electrons. The van der Waals surface area contributed by atoms with Crippen molar-refractivity contribution in [2.75, 3.05) is 33.3 Å². The molecule has 27 heavy (non-hydrogen) atoms. The van der Waals surface area contributed by atoms with Gasteiger partial charge >= 0.3 is 0 Å². The minimum atomic E-state index is -3.45. The van der Waals surface area contributed by atoms with Gasteiger partial charge in [-0.3, -0.25) is 4.79 Å². The molecule has 1 unspecified atom stereocenters. The second-order valence-electron chi connectivity index (χ2n) is 7.23. The summed E-state index contributed by atoms with van der Waals surface area (Å²) in [7, 11) is -1.84. The molecule has 3 rings (SSSR count). The van der Waals surface area contributed by atoms with Gasteiger partial charge in [0.25, 0.3) is 10.2 Å². The molecule has 150 valence electrons. The summed E-state index contributed by atoms with van der Waals surface area (Å²) in [6.45, 7) is 2.38. The summed E-state index contributed by atoms with van der Waals surface area (Å²) in [5, 5.41) is 2.94. The molecule has 1 aromatic rings. The first-order valence-corrected chi connectivity index (χ1v) is 11.1. The van der Waals surface area contributed by atoms with E-state index in [1.54, 1.807) is 11.4 Å². The van der Waals surface area contributed by atoms with E-state index in [2.05, 4.69) is 5.32 Å². The fourth-order valence-corrected chi connectivity index (χ4v) is 5.48. The van der Waals surface area contributed by atoms with E-state index in [1.807, 2.05) is 24.3 Å². The van der Waals surface area contributed by atoms with Crippen LogP contribution in [0.25, 0.3) is 0 Å².